The normalized spacial score (nSPS) is 16.4. The summed E-state index contributed by atoms with van der Waals surface area (Å²) in [5, 5.41) is 4.42. The van der Waals surface area contributed by atoms with Crippen molar-refractivity contribution >= 4 is 50.7 Å². The molecule has 6 aromatic rings. The number of carbonyl (C=O) groups is 1. The molecule has 1 atom stereocenters. The minimum atomic E-state index is -0.402. The Labute approximate surface area is 293 Å². The van der Waals surface area contributed by atoms with E-state index in [0.717, 1.165) is 83.8 Å². The lowest BCUT2D eigenvalue weighted by molar-refractivity contribution is -0.0591. The van der Waals surface area contributed by atoms with Gasteiger partial charge in [-0.3, -0.25) is 9.69 Å². The molecule has 8 rings (SSSR count). The second-order valence-electron chi connectivity index (χ2n) is 12.9. The maximum absolute atomic E-state index is 14.2. The predicted octanol–water partition coefficient (Wildman–Crippen LogP) is 7.92. The van der Waals surface area contributed by atoms with Gasteiger partial charge in [-0.15, -0.1) is 0 Å². The Morgan fingerprint density at radius 2 is 2.00 bits per heavy atom. The highest BCUT2D eigenvalue weighted by molar-refractivity contribution is 6.30. The first-order valence-electron chi connectivity index (χ1n) is 16.8. The van der Waals surface area contributed by atoms with Crippen LogP contribution in [0.25, 0.3) is 27.5 Å². The number of aromatic amines is 1. The number of fused-ring (bicyclic) bond motifs is 2. The summed E-state index contributed by atoms with van der Waals surface area (Å²) in [5.74, 6) is 0.846. The standard InChI is InChI=1S/C39H36ClFN6O3/c1-24-17-28-18-26(6-9-34(28)42-24)39(48)43-30-8-10-36-35(20-30)44-37(47(36)21-31-13-16-49-31)22-46-14-11-25(12-15-46)33-3-2-4-38(45-33)50-23-27-5-7-29(40)19-32(27)41/h2-11,17-20,31,42H,12-16,21-23H2,1H3,(H,43,48)/t31-/m0/s1. The Kier molecular flexibility index (Phi) is 8.82. The van der Waals surface area contributed by atoms with E-state index in [2.05, 4.69) is 25.8 Å². The molecule has 0 saturated carbocycles. The van der Waals surface area contributed by atoms with Gasteiger partial charge >= 0.3 is 0 Å². The van der Waals surface area contributed by atoms with E-state index in [-0.39, 0.29) is 18.6 Å². The molecule has 11 heteroatoms. The van der Waals surface area contributed by atoms with Crippen LogP contribution in [0.4, 0.5) is 10.1 Å². The highest BCUT2D eigenvalue weighted by atomic mass is 35.5. The molecular weight excluding hydrogens is 655 g/mol. The first kappa shape index (κ1) is 32.2. The number of carbonyl (C=O) groups excluding carboxylic acids is 1. The third-order valence-corrected chi connectivity index (χ3v) is 9.62. The summed E-state index contributed by atoms with van der Waals surface area (Å²) < 4.78 is 28.1. The number of hydrogen-bond acceptors (Lipinski definition) is 6. The lowest BCUT2D eigenvalue weighted by Gasteiger charge is -2.29. The Hall–Kier alpha value is -5.03. The fraction of sp³-hybridized carbons (Fsp3) is 0.256. The highest BCUT2D eigenvalue weighted by Crippen LogP contribution is 2.28. The summed E-state index contributed by atoms with van der Waals surface area (Å²) in [4.78, 5) is 28.6. The van der Waals surface area contributed by atoms with Crippen molar-refractivity contribution in [2.45, 2.75) is 45.6 Å². The zero-order valence-electron chi connectivity index (χ0n) is 27.6. The van der Waals surface area contributed by atoms with Crippen LogP contribution in [0.15, 0.2) is 84.9 Å². The number of ether oxygens (including phenoxy) is 2. The SMILES string of the molecule is Cc1cc2cc(C(=O)Nc3ccc4c(c3)nc(CN3CC=C(c5cccc(OCc6ccc(Cl)cc6F)n5)CC3)n4C[C@@H]3CCO3)ccc2[nH]1. The van der Waals surface area contributed by atoms with E-state index >= 15 is 0 Å². The van der Waals surface area contributed by atoms with Crippen LogP contribution in [0.2, 0.25) is 5.02 Å². The number of rotatable bonds is 10. The van der Waals surface area contributed by atoms with E-state index in [4.69, 9.17) is 31.0 Å². The first-order valence-corrected chi connectivity index (χ1v) is 17.2. The summed E-state index contributed by atoms with van der Waals surface area (Å²) in [6.45, 7) is 5.85. The molecule has 0 radical (unpaired) electrons. The number of pyridine rings is 1. The van der Waals surface area contributed by atoms with Gasteiger partial charge in [0.05, 0.1) is 35.9 Å². The zero-order valence-corrected chi connectivity index (χ0v) is 28.3. The molecule has 1 amide bonds. The van der Waals surface area contributed by atoms with Crippen LogP contribution in [0.3, 0.4) is 0 Å². The number of H-pyrrole nitrogens is 1. The van der Waals surface area contributed by atoms with Crippen LogP contribution in [-0.4, -0.2) is 56.1 Å². The lowest BCUT2D eigenvalue weighted by Crippen LogP contribution is -2.33. The number of nitrogens with one attached hydrogen (secondary N) is 2. The van der Waals surface area contributed by atoms with Gasteiger partial charge < -0.3 is 24.3 Å². The number of nitrogens with zero attached hydrogens (tertiary/aromatic N) is 4. The van der Waals surface area contributed by atoms with Gasteiger partial charge in [0.25, 0.3) is 5.91 Å². The average Bonchev–Trinajstić information content (AvgIpc) is 3.64. The minimum absolute atomic E-state index is 0.0666. The van der Waals surface area contributed by atoms with Gasteiger partial charge in [0.15, 0.2) is 0 Å². The van der Waals surface area contributed by atoms with E-state index in [1.807, 2.05) is 61.5 Å². The summed E-state index contributed by atoms with van der Waals surface area (Å²) in [6.07, 6.45) is 4.22. The van der Waals surface area contributed by atoms with Crippen LogP contribution in [0.1, 0.15) is 46.0 Å². The fourth-order valence-electron chi connectivity index (χ4n) is 6.59. The third-order valence-electron chi connectivity index (χ3n) is 9.38. The van der Waals surface area contributed by atoms with Crippen LogP contribution in [-0.2, 0) is 24.4 Å². The summed E-state index contributed by atoms with van der Waals surface area (Å²) in [7, 11) is 0. The molecule has 0 aliphatic carbocycles. The van der Waals surface area contributed by atoms with Gasteiger partial charge in [-0.2, -0.15) is 0 Å². The minimum Gasteiger partial charge on any atom is -0.473 e. The van der Waals surface area contributed by atoms with Gasteiger partial charge in [-0.1, -0.05) is 29.8 Å². The predicted molar refractivity (Wildman–Crippen MR) is 193 cm³/mol. The Balaban J connectivity index is 0.960. The summed E-state index contributed by atoms with van der Waals surface area (Å²) in [6, 6.07) is 23.9. The van der Waals surface area contributed by atoms with Crippen molar-refractivity contribution in [3.63, 3.8) is 0 Å². The smallest absolute Gasteiger partial charge is 0.255 e. The molecule has 2 aliphatic rings. The molecule has 0 unspecified atom stereocenters. The van der Waals surface area contributed by atoms with Gasteiger partial charge in [0.1, 0.15) is 18.2 Å². The second kappa shape index (κ2) is 13.7. The lowest BCUT2D eigenvalue weighted by atomic mass is 10.0. The van der Waals surface area contributed by atoms with E-state index in [0.29, 0.717) is 34.3 Å². The Morgan fingerprint density at radius 3 is 2.80 bits per heavy atom. The number of halogens is 2. The summed E-state index contributed by atoms with van der Waals surface area (Å²) >= 11 is 5.88. The van der Waals surface area contributed by atoms with E-state index in [9.17, 15) is 9.18 Å². The van der Waals surface area contributed by atoms with Gasteiger partial charge in [-0.25, -0.2) is 14.4 Å². The number of anilines is 1. The fourth-order valence-corrected chi connectivity index (χ4v) is 6.75. The number of benzene rings is 3. The summed E-state index contributed by atoms with van der Waals surface area (Å²) in [5.41, 5.74) is 7.64. The van der Waals surface area contributed by atoms with Gasteiger partial charge in [0, 0.05) is 64.2 Å². The van der Waals surface area contributed by atoms with Crippen molar-refractivity contribution in [3.05, 3.63) is 124 Å². The van der Waals surface area contributed by atoms with E-state index < -0.39 is 5.82 Å². The van der Waals surface area contributed by atoms with E-state index in [1.165, 1.54) is 6.07 Å². The van der Waals surface area contributed by atoms with Crippen LogP contribution in [0.5, 0.6) is 5.88 Å². The third kappa shape index (κ3) is 6.87. The molecule has 1 fully saturated rings. The molecule has 0 bridgehead atoms. The van der Waals surface area contributed by atoms with Crippen molar-refractivity contribution in [1.29, 1.82) is 0 Å². The van der Waals surface area contributed by atoms with Crippen molar-refractivity contribution in [3.8, 4) is 5.88 Å². The quantitative estimate of drug-likeness (QED) is 0.152. The monoisotopic (exact) mass is 690 g/mol. The molecule has 0 spiro atoms. The number of aryl methyl sites for hydroxylation is 1. The molecule has 3 aromatic heterocycles. The molecule has 2 aliphatic heterocycles. The molecule has 5 heterocycles. The Bertz CT molecular complexity index is 2260. The van der Waals surface area contributed by atoms with E-state index in [1.54, 1.807) is 18.2 Å². The number of aromatic nitrogens is 4. The average molecular weight is 691 g/mol. The van der Waals surface area contributed by atoms with Gasteiger partial charge in [0.2, 0.25) is 5.88 Å². The molecule has 9 nitrogen and oxygen atoms in total. The van der Waals surface area contributed by atoms with Crippen LogP contribution >= 0.6 is 11.6 Å². The van der Waals surface area contributed by atoms with Crippen molar-refractivity contribution < 1.29 is 18.7 Å². The zero-order chi connectivity index (χ0) is 34.2. The maximum Gasteiger partial charge on any atom is 0.255 e. The number of amides is 1. The largest absolute Gasteiger partial charge is 0.473 e. The molecule has 2 N–H and O–H groups in total. The molecule has 50 heavy (non-hydrogen) atoms. The number of hydrogen-bond donors (Lipinski definition) is 2. The molecular formula is C39H36ClFN6O3. The topological polar surface area (TPSA) is 97.3 Å². The maximum atomic E-state index is 14.2. The van der Waals surface area contributed by atoms with Crippen molar-refractivity contribution in [1.82, 2.24) is 24.4 Å². The van der Waals surface area contributed by atoms with Crippen LogP contribution < -0.4 is 10.1 Å². The van der Waals surface area contributed by atoms with Crippen LogP contribution in [0, 0.1) is 12.7 Å². The molecule has 1 saturated heterocycles. The van der Waals surface area contributed by atoms with Crippen molar-refractivity contribution in [2.75, 3.05) is 25.0 Å². The molecule has 3 aromatic carbocycles. The Morgan fingerprint density at radius 1 is 1.10 bits per heavy atom. The molecule has 254 valence electrons. The van der Waals surface area contributed by atoms with Gasteiger partial charge in [-0.05, 0) is 86.0 Å². The second-order valence-corrected chi connectivity index (χ2v) is 13.4. The van der Waals surface area contributed by atoms with Crippen molar-refractivity contribution in [2.24, 2.45) is 0 Å². The highest BCUT2D eigenvalue weighted by Gasteiger charge is 2.24. The number of imidazole rings is 1. The first-order chi connectivity index (χ1) is 24.3.